The van der Waals surface area contributed by atoms with Crippen LogP contribution in [-0.4, -0.2) is 117 Å². The molecule has 12 heteroatoms. The highest BCUT2D eigenvalue weighted by molar-refractivity contribution is 5.99. The number of β-amino-alcohol motifs (C(OH)–C–C–N with tert-alkyl or cyclic N) is 2. The summed E-state index contributed by atoms with van der Waals surface area (Å²) in [5.41, 5.74) is 4.45. The molecule has 2 unspecified atom stereocenters. The van der Waals surface area contributed by atoms with Gasteiger partial charge in [-0.05, 0) is 98.2 Å². The third-order valence-corrected chi connectivity index (χ3v) is 12.2. The van der Waals surface area contributed by atoms with E-state index in [-0.39, 0.29) is 23.6 Å². The zero-order valence-electron chi connectivity index (χ0n) is 33.7. The summed E-state index contributed by atoms with van der Waals surface area (Å²) in [6.07, 6.45) is 2.90. The number of carbonyl (C=O) groups excluding carboxylic acids is 4. The average molecular weight is 809 g/mol. The van der Waals surface area contributed by atoms with Crippen LogP contribution in [0.4, 0.5) is 11.4 Å². The minimum absolute atomic E-state index is 0.116. The summed E-state index contributed by atoms with van der Waals surface area (Å²) >= 11 is 0. The number of likely N-dealkylation sites (tertiary alicyclic amines) is 4. The van der Waals surface area contributed by atoms with E-state index in [2.05, 4.69) is 22.5 Å². The Morgan fingerprint density at radius 1 is 0.517 bits per heavy atom. The molecule has 8 rings (SSSR count). The van der Waals surface area contributed by atoms with Gasteiger partial charge in [0.2, 0.25) is 23.6 Å². The van der Waals surface area contributed by atoms with E-state index < -0.39 is 36.4 Å². The van der Waals surface area contributed by atoms with Crippen LogP contribution in [0.5, 0.6) is 0 Å². The molecule has 4 heterocycles. The van der Waals surface area contributed by atoms with Gasteiger partial charge in [0.1, 0.15) is 24.2 Å². The van der Waals surface area contributed by atoms with E-state index in [9.17, 15) is 29.4 Å². The quantitative estimate of drug-likeness (QED) is 0.171. The van der Waals surface area contributed by atoms with Gasteiger partial charge in [0.25, 0.3) is 0 Å². The fourth-order valence-electron chi connectivity index (χ4n) is 9.08. The fourth-order valence-corrected chi connectivity index (χ4v) is 9.08. The number of amides is 4. The second-order valence-electron chi connectivity index (χ2n) is 16.3. The molecule has 4 aromatic carbocycles. The van der Waals surface area contributed by atoms with E-state index in [0.717, 1.165) is 35.1 Å². The first-order valence-electron chi connectivity index (χ1n) is 21.1. The minimum Gasteiger partial charge on any atom is -0.392 e. The standard InChI is InChI=1S/C48H52N6O6/c55-39-25-29-51(31-39)43(35-9-3-1-4-10-35)47(59)53-27-7-13-41(53)45(57)49-37-21-17-33(18-22-37)15-16-34-19-23-38(24-20-34)50-46(58)42-14-8-28-54(42)48(60)44(36-11-5-2-6-12-36)52-30-26-40(56)32-52/h1-6,9-12,17-24,39-44,55-56H,7-8,13-14,25-32H2,(H,49,57)(H,50,58)/t39-,40-,41+,42+,43?,44?/m1/s1. The van der Waals surface area contributed by atoms with Crippen LogP contribution in [0.3, 0.4) is 0 Å². The maximum absolute atomic E-state index is 14.1. The van der Waals surface area contributed by atoms with Crippen molar-refractivity contribution in [2.24, 2.45) is 0 Å². The second-order valence-corrected chi connectivity index (χ2v) is 16.3. The van der Waals surface area contributed by atoms with E-state index in [1.165, 1.54) is 0 Å². The molecular formula is C48H52N6O6. The molecule has 0 saturated carbocycles. The zero-order chi connectivity index (χ0) is 41.6. The number of hydrogen-bond donors (Lipinski definition) is 4. The van der Waals surface area contributed by atoms with Crippen molar-refractivity contribution in [2.75, 3.05) is 49.9 Å². The van der Waals surface area contributed by atoms with E-state index >= 15 is 0 Å². The molecule has 0 radical (unpaired) electrons. The van der Waals surface area contributed by atoms with Crippen molar-refractivity contribution < 1.29 is 29.4 Å². The van der Waals surface area contributed by atoms with Gasteiger partial charge in [-0.2, -0.15) is 0 Å². The van der Waals surface area contributed by atoms with Crippen LogP contribution in [-0.2, 0) is 19.2 Å². The number of benzene rings is 4. The second kappa shape index (κ2) is 18.6. The molecule has 4 saturated heterocycles. The first kappa shape index (κ1) is 40.9. The number of aliphatic hydroxyl groups is 2. The Hall–Kier alpha value is -5.84. The monoisotopic (exact) mass is 808 g/mol. The van der Waals surface area contributed by atoms with E-state index in [0.29, 0.717) is 76.3 Å². The van der Waals surface area contributed by atoms with E-state index in [1.807, 2.05) is 94.7 Å². The Morgan fingerprint density at radius 2 is 0.900 bits per heavy atom. The smallest absolute Gasteiger partial charge is 0.247 e. The van der Waals surface area contributed by atoms with Crippen LogP contribution in [0.2, 0.25) is 0 Å². The number of aliphatic hydroxyl groups excluding tert-OH is 2. The van der Waals surface area contributed by atoms with Crippen molar-refractivity contribution in [3.8, 4) is 11.8 Å². The Balaban J connectivity index is 0.859. The lowest BCUT2D eigenvalue weighted by Gasteiger charge is -2.33. The minimum atomic E-state index is -0.592. The molecule has 12 nitrogen and oxygen atoms in total. The summed E-state index contributed by atoms with van der Waals surface area (Å²) in [7, 11) is 0. The third-order valence-electron chi connectivity index (χ3n) is 12.2. The first-order chi connectivity index (χ1) is 29.2. The van der Waals surface area contributed by atoms with Crippen LogP contribution in [0.1, 0.15) is 72.9 Å². The summed E-state index contributed by atoms with van der Waals surface area (Å²) in [6.45, 7) is 3.07. The normalized spacial score (nSPS) is 22.8. The number of rotatable bonds is 10. The van der Waals surface area contributed by atoms with Crippen LogP contribution in [0, 0.1) is 11.8 Å². The van der Waals surface area contributed by atoms with E-state index in [1.54, 1.807) is 34.1 Å². The average Bonchev–Trinajstić information content (AvgIpc) is 4.11. The summed E-state index contributed by atoms with van der Waals surface area (Å²) in [6, 6.07) is 31.4. The molecule has 4 fully saturated rings. The maximum Gasteiger partial charge on any atom is 0.247 e. The molecule has 4 N–H and O–H groups in total. The lowest BCUT2D eigenvalue weighted by Crippen LogP contribution is -2.48. The number of carbonyl (C=O) groups is 4. The first-order valence-corrected chi connectivity index (χ1v) is 21.1. The van der Waals surface area contributed by atoms with Gasteiger partial charge in [0, 0.05) is 61.8 Å². The summed E-state index contributed by atoms with van der Waals surface area (Å²) in [4.78, 5) is 62.7. The lowest BCUT2D eigenvalue weighted by molar-refractivity contribution is -0.141. The topological polar surface area (TPSA) is 146 Å². The van der Waals surface area contributed by atoms with Gasteiger partial charge in [-0.1, -0.05) is 72.5 Å². The predicted molar refractivity (Wildman–Crippen MR) is 228 cm³/mol. The van der Waals surface area contributed by atoms with Gasteiger partial charge in [-0.3, -0.25) is 29.0 Å². The van der Waals surface area contributed by atoms with Gasteiger partial charge >= 0.3 is 0 Å². The summed E-state index contributed by atoms with van der Waals surface area (Å²) in [5, 5.41) is 26.5. The van der Waals surface area contributed by atoms with Crippen molar-refractivity contribution in [3.63, 3.8) is 0 Å². The summed E-state index contributed by atoms with van der Waals surface area (Å²) < 4.78 is 0. The zero-order valence-corrected chi connectivity index (χ0v) is 33.7. The Bertz CT molecular complexity index is 2050. The number of nitrogens with one attached hydrogen (secondary N) is 2. The highest BCUT2D eigenvalue weighted by Crippen LogP contribution is 2.33. The molecule has 0 aliphatic carbocycles. The van der Waals surface area contributed by atoms with Gasteiger partial charge < -0.3 is 30.6 Å². The molecule has 310 valence electrons. The Labute approximate surface area is 351 Å². The molecule has 0 bridgehead atoms. The molecule has 4 aromatic rings. The van der Waals surface area contributed by atoms with Gasteiger partial charge in [0.15, 0.2) is 0 Å². The lowest BCUT2D eigenvalue weighted by atomic mass is 10.0. The largest absolute Gasteiger partial charge is 0.392 e. The highest BCUT2D eigenvalue weighted by atomic mass is 16.3. The van der Waals surface area contributed by atoms with Gasteiger partial charge in [-0.25, -0.2) is 0 Å². The molecule has 6 atom stereocenters. The molecule has 0 aromatic heterocycles. The van der Waals surface area contributed by atoms with Gasteiger partial charge in [0.05, 0.1) is 12.2 Å². The molecule has 4 aliphatic heterocycles. The Kier molecular flexibility index (Phi) is 12.7. The van der Waals surface area contributed by atoms with Crippen molar-refractivity contribution in [1.29, 1.82) is 0 Å². The van der Waals surface area contributed by atoms with Crippen LogP contribution >= 0.6 is 0 Å². The molecule has 60 heavy (non-hydrogen) atoms. The molecular weight excluding hydrogens is 757 g/mol. The number of anilines is 2. The van der Waals surface area contributed by atoms with Crippen molar-refractivity contribution in [3.05, 3.63) is 131 Å². The molecule has 0 spiro atoms. The predicted octanol–water partition coefficient (Wildman–Crippen LogP) is 4.56. The van der Waals surface area contributed by atoms with E-state index in [4.69, 9.17) is 0 Å². The fraction of sp³-hybridized carbons (Fsp3) is 0.375. The molecule has 4 aliphatic rings. The number of nitrogens with zero attached hydrogens (tertiary/aromatic N) is 4. The number of hydrogen-bond acceptors (Lipinski definition) is 8. The van der Waals surface area contributed by atoms with Crippen molar-refractivity contribution in [2.45, 2.75) is 74.9 Å². The summed E-state index contributed by atoms with van der Waals surface area (Å²) in [5.74, 6) is 5.63. The SMILES string of the molecule is O=C(Nc1ccc(C#Cc2ccc(NC(=O)[C@@H]3CCCN3C(=O)C(c3ccccc3)N3CC[C@@H](O)C3)cc2)cc1)[C@@H]1CCCN1C(=O)C(c1ccccc1)N1CC[C@@H](O)C1. The maximum atomic E-state index is 14.1. The third kappa shape index (κ3) is 9.30. The highest BCUT2D eigenvalue weighted by Gasteiger charge is 2.43. The van der Waals surface area contributed by atoms with Crippen molar-refractivity contribution >= 4 is 35.0 Å². The Morgan fingerprint density at radius 3 is 1.25 bits per heavy atom. The van der Waals surface area contributed by atoms with Crippen LogP contribution in [0.15, 0.2) is 109 Å². The van der Waals surface area contributed by atoms with Crippen LogP contribution in [0.25, 0.3) is 0 Å². The molecule has 4 amide bonds. The van der Waals surface area contributed by atoms with Gasteiger partial charge in [-0.15, -0.1) is 0 Å². The van der Waals surface area contributed by atoms with Crippen molar-refractivity contribution in [1.82, 2.24) is 19.6 Å². The van der Waals surface area contributed by atoms with Crippen LogP contribution < -0.4 is 10.6 Å².